The SMILES string of the molecule is CC1(C)[C@H](C(=O)OCCl)N2C(=O)[C@@H](I)[C@H]2S1(=O)=O. The number of nitrogens with zero attached hydrogens (tertiary/aromatic N) is 1. The number of fused-ring (bicyclic) bond motifs is 1. The van der Waals surface area contributed by atoms with E-state index in [1.807, 2.05) is 0 Å². The second kappa shape index (κ2) is 4.20. The van der Waals surface area contributed by atoms with Gasteiger partial charge in [-0.2, -0.15) is 0 Å². The molecule has 0 bridgehead atoms. The van der Waals surface area contributed by atoms with Crippen molar-refractivity contribution in [3.8, 4) is 0 Å². The Hall–Kier alpha value is -0.0900. The van der Waals surface area contributed by atoms with Gasteiger partial charge in [0.05, 0.1) is 0 Å². The first-order chi connectivity index (χ1) is 8.17. The molecule has 0 aromatic heterocycles. The van der Waals surface area contributed by atoms with E-state index in [1.54, 1.807) is 22.6 Å². The molecule has 102 valence electrons. The van der Waals surface area contributed by atoms with E-state index < -0.39 is 35.9 Å². The summed E-state index contributed by atoms with van der Waals surface area (Å²) in [5.41, 5.74) is 0. The first-order valence-corrected chi connectivity index (χ1v) is 8.43. The third-order valence-electron chi connectivity index (χ3n) is 3.42. The van der Waals surface area contributed by atoms with Crippen LogP contribution in [0.4, 0.5) is 0 Å². The smallest absolute Gasteiger partial charge is 0.331 e. The molecule has 0 radical (unpaired) electrons. The molecular formula is C9H11ClINO5S. The number of rotatable bonds is 2. The lowest BCUT2D eigenvalue weighted by Crippen LogP contribution is -2.64. The van der Waals surface area contributed by atoms with Crippen LogP contribution in [0.3, 0.4) is 0 Å². The van der Waals surface area contributed by atoms with Crippen molar-refractivity contribution in [1.82, 2.24) is 4.90 Å². The minimum absolute atomic E-state index is 0.355. The molecule has 2 heterocycles. The van der Waals surface area contributed by atoms with Crippen molar-refractivity contribution in [2.75, 3.05) is 6.07 Å². The molecule has 0 aromatic rings. The summed E-state index contributed by atoms with van der Waals surface area (Å²) in [4.78, 5) is 24.7. The van der Waals surface area contributed by atoms with E-state index in [0.717, 1.165) is 4.90 Å². The number of sulfone groups is 1. The number of esters is 1. The summed E-state index contributed by atoms with van der Waals surface area (Å²) in [6.45, 7) is 2.86. The number of ether oxygens (including phenoxy) is 1. The summed E-state index contributed by atoms with van der Waals surface area (Å²) >= 11 is 7.09. The second-order valence-electron chi connectivity index (χ2n) is 4.66. The molecule has 2 fully saturated rings. The van der Waals surface area contributed by atoms with Crippen molar-refractivity contribution < 1.29 is 22.7 Å². The highest BCUT2D eigenvalue weighted by Gasteiger charge is 2.71. The van der Waals surface area contributed by atoms with Crippen molar-refractivity contribution in [1.29, 1.82) is 0 Å². The minimum atomic E-state index is -3.61. The maximum Gasteiger partial charge on any atom is 0.331 e. The Morgan fingerprint density at radius 1 is 1.56 bits per heavy atom. The molecule has 9 heteroatoms. The zero-order chi connectivity index (χ0) is 13.9. The Balaban J connectivity index is 2.48. The summed E-state index contributed by atoms with van der Waals surface area (Å²) < 4.78 is 27.3. The van der Waals surface area contributed by atoms with E-state index in [-0.39, 0.29) is 12.0 Å². The molecule has 0 unspecified atom stereocenters. The van der Waals surface area contributed by atoms with E-state index in [1.165, 1.54) is 13.8 Å². The number of β-lactam (4-membered cyclic amide) rings is 1. The largest absolute Gasteiger partial charge is 0.448 e. The van der Waals surface area contributed by atoms with E-state index in [4.69, 9.17) is 11.6 Å². The summed E-state index contributed by atoms with van der Waals surface area (Å²) in [6, 6.07) is -1.49. The number of hydrogen-bond acceptors (Lipinski definition) is 5. The second-order valence-corrected chi connectivity index (χ2v) is 8.85. The summed E-state index contributed by atoms with van der Waals surface area (Å²) in [6.07, 6.45) is 0. The molecule has 0 aliphatic carbocycles. The van der Waals surface area contributed by atoms with Crippen molar-refractivity contribution in [2.45, 2.75) is 33.9 Å². The minimum Gasteiger partial charge on any atom is -0.448 e. The average Bonchev–Trinajstić information content (AvgIpc) is 2.41. The molecule has 18 heavy (non-hydrogen) atoms. The predicted octanol–water partition coefficient (Wildman–Crippen LogP) is 0.273. The van der Waals surface area contributed by atoms with Crippen LogP contribution in [0.1, 0.15) is 13.8 Å². The normalized spacial score (nSPS) is 35.9. The lowest BCUT2D eigenvalue weighted by Gasteiger charge is -2.40. The first-order valence-electron chi connectivity index (χ1n) is 5.10. The topological polar surface area (TPSA) is 80.8 Å². The Morgan fingerprint density at radius 2 is 2.11 bits per heavy atom. The Kier molecular flexibility index (Phi) is 3.34. The lowest BCUT2D eigenvalue weighted by molar-refractivity contribution is -0.159. The van der Waals surface area contributed by atoms with E-state index in [0.29, 0.717) is 0 Å². The zero-order valence-corrected chi connectivity index (χ0v) is 13.3. The Bertz CT molecular complexity index is 519. The lowest BCUT2D eigenvalue weighted by atomic mass is 9.98. The highest BCUT2D eigenvalue weighted by molar-refractivity contribution is 14.1. The molecular weight excluding hydrogens is 397 g/mol. The fraction of sp³-hybridized carbons (Fsp3) is 0.778. The molecule has 2 saturated heterocycles. The number of carbonyl (C=O) groups is 2. The summed E-state index contributed by atoms with van der Waals surface area (Å²) in [5.74, 6) is -1.14. The summed E-state index contributed by atoms with van der Waals surface area (Å²) in [5, 5.41) is -0.937. The molecule has 0 saturated carbocycles. The maximum atomic E-state index is 12.3. The van der Waals surface area contributed by atoms with Gasteiger partial charge in [-0.25, -0.2) is 13.2 Å². The van der Waals surface area contributed by atoms with E-state index in [2.05, 4.69) is 4.74 Å². The van der Waals surface area contributed by atoms with Crippen molar-refractivity contribution in [3.05, 3.63) is 0 Å². The highest BCUT2D eigenvalue weighted by Crippen LogP contribution is 2.48. The van der Waals surface area contributed by atoms with Crippen LogP contribution in [0.25, 0.3) is 0 Å². The van der Waals surface area contributed by atoms with Gasteiger partial charge >= 0.3 is 5.97 Å². The quantitative estimate of drug-likeness (QED) is 0.284. The number of amides is 1. The zero-order valence-electron chi connectivity index (χ0n) is 9.59. The van der Waals surface area contributed by atoms with Crippen molar-refractivity contribution >= 4 is 55.9 Å². The van der Waals surface area contributed by atoms with Gasteiger partial charge in [0, 0.05) is 0 Å². The van der Waals surface area contributed by atoms with Gasteiger partial charge in [0.15, 0.2) is 21.3 Å². The standard InChI is InChI=1S/C9H11ClINO5S/c1-9(2)5(8(14)17-3-10)12-6(13)4(11)7(12)18(9,15)16/h4-5,7H,3H2,1-2H3/t4-,5+,7-/m1/s1. The van der Waals surface area contributed by atoms with Crippen LogP contribution in [0, 0.1) is 0 Å². The van der Waals surface area contributed by atoms with Crippen LogP contribution >= 0.6 is 34.2 Å². The fourth-order valence-corrected chi connectivity index (χ4v) is 6.40. The molecule has 2 aliphatic heterocycles. The number of carbonyl (C=O) groups excluding carboxylic acids is 2. The van der Waals surface area contributed by atoms with Crippen LogP contribution < -0.4 is 0 Å². The highest BCUT2D eigenvalue weighted by atomic mass is 127. The third-order valence-corrected chi connectivity index (χ3v) is 8.06. The van der Waals surface area contributed by atoms with Crippen molar-refractivity contribution in [3.63, 3.8) is 0 Å². The first kappa shape index (κ1) is 14.3. The predicted molar refractivity (Wildman–Crippen MR) is 72.0 cm³/mol. The van der Waals surface area contributed by atoms with E-state index >= 15 is 0 Å². The van der Waals surface area contributed by atoms with Crippen LogP contribution in [0.2, 0.25) is 0 Å². The van der Waals surface area contributed by atoms with Crippen molar-refractivity contribution in [2.24, 2.45) is 0 Å². The number of alkyl halides is 2. The monoisotopic (exact) mass is 407 g/mol. The Labute approximate surface area is 123 Å². The maximum absolute atomic E-state index is 12.3. The molecule has 0 aromatic carbocycles. The van der Waals surface area contributed by atoms with Gasteiger partial charge in [0.1, 0.15) is 14.7 Å². The van der Waals surface area contributed by atoms with Gasteiger partial charge < -0.3 is 9.64 Å². The van der Waals surface area contributed by atoms with Crippen LogP contribution in [-0.4, -0.2) is 51.3 Å². The molecule has 0 N–H and O–H groups in total. The average molecular weight is 408 g/mol. The molecule has 2 aliphatic rings. The summed E-state index contributed by atoms with van der Waals surface area (Å²) in [7, 11) is -3.61. The fourth-order valence-electron chi connectivity index (χ4n) is 2.36. The number of halogens is 2. The molecule has 1 amide bonds. The third kappa shape index (κ3) is 1.54. The van der Waals surface area contributed by atoms with Gasteiger partial charge in [0.2, 0.25) is 5.91 Å². The molecule has 2 rings (SSSR count). The number of hydrogen-bond donors (Lipinski definition) is 0. The van der Waals surface area contributed by atoms with Gasteiger partial charge in [-0.05, 0) is 13.8 Å². The molecule has 6 nitrogen and oxygen atoms in total. The Morgan fingerprint density at radius 3 is 2.61 bits per heavy atom. The van der Waals surface area contributed by atoms with Gasteiger partial charge in [-0.15, -0.1) is 0 Å². The van der Waals surface area contributed by atoms with Gasteiger partial charge in [0.25, 0.3) is 0 Å². The molecule has 3 atom stereocenters. The van der Waals surface area contributed by atoms with Crippen LogP contribution in [0.15, 0.2) is 0 Å². The van der Waals surface area contributed by atoms with E-state index in [9.17, 15) is 18.0 Å². The van der Waals surface area contributed by atoms with Crippen LogP contribution in [0.5, 0.6) is 0 Å². The van der Waals surface area contributed by atoms with Crippen LogP contribution in [-0.2, 0) is 24.2 Å². The molecule has 0 spiro atoms. The van der Waals surface area contributed by atoms with Gasteiger partial charge in [-0.3, -0.25) is 4.79 Å². The van der Waals surface area contributed by atoms with Gasteiger partial charge in [-0.1, -0.05) is 34.2 Å².